The van der Waals surface area contributed by atoms with Crippen molar-refractivity contribution >= 4 is 17.7 Å². The van der Waals surface area contributed by atoms with E-state index in [-0.39, 0.29) is 11.6 Å². The van der Waals surface area contributed by atoms with Crippen molar-refractivity contribution in [3.63, 3.8) is 0 Å². The van der Waals surface area contributed by atoms with Crippen LogP contribution in [0.15, 0.2) is 6.20 Å². The molecular formula is C20H33N5O3. The van der Waals surface area contributed by atoms with Gasteiger partial charge in [0.2, 0.25) is 5.95 Å². The number of rotatable bonds is 7. The summed E-state index contributed by atoms with van der Waals surface area (Å²) in [5, 5.41) is 17.4. The van der Waals surface area contributed by atoms with Gasteiger partial charge in [-0.05, 0) is 57.8 Å². The van der Waals surface area contributed by atoms with E-state index >= 15 is 0 Å². The van der Waals surface area contributed by atoms with Gasteiger partial charge in [0.25, 0.3) is 5.91 Å². The SMILES string of the molecule is CC[C@]1(O)CCC[C@@H](Nc2nc(NC3CCC(OC)CC3)ncc2C(N)=O)C1. The molecule has 5 N–H and O–H groups in total. The van der Waals surface area contributed by atoms with Gasteiger partial charge in [-0.25, -0.2) is 4.98 Å². The molecule has 0 saturated heterocycles. The highest BCUT2D eigenvalue weighted by Crippen LogP contribution is 2.33. The fourth-order valence-corrected chi connectivity index (χ4v) is 4.35. The van der Waals surface area contributed by atoms with Crippen molar-refractivity contribution in [2.24, 2.45) is 5.73 Å². The van der Waals surface area contributed by atoms with Crippen LogP contribution in [0.3, 0.4) is 0 Å². The van der Waals surface area contributed by atoms with Crippen molar-refractivity contribution in [3.8, 4) is 0 Å². The number of aromatic nitrogens is 2. The van der Waals surface area contributed by atoms with E-state index in [1.54, 1.807) is 7.11 Å². The Bertz CT molecular complexity index is 678. The Labute approximate surface area is 166 Å². The lowest BCUT2D eigenvalue weighted by Crippen LogP contribution is -2.40. The van der Waals surface area contributed by atoms with Crippen LogP contribution in [0.5, 0.6) is 0 Å². The summed E-state index contributed by atoms with van der Waals surface area (Å²) in [6.07, 6.45) is 9.85. The zero-order chi connectivity index (χ0) is 20.1. The zero-order valence-electron chi connectivity index (χ0n) is 16.9. The summed E-state index contributed by atoms with van der Waals surface area (Å²) in [6, 6.07) is 0.343. The number of anilines is 2. The van der Waals surface area contributed by atoms with Gasteiger partial charge < -0.3 is 26.2 Å². The zero-order valence-corrected chi connectivity index (χ0v) is 16.9. The van der Waals surface area contributed by atoms with Gasteiger partial charge in [0.1, 0.15) is 5.82 Å². The number of carbonyl (C=O) groups excluding carboxylic acids is 1. The molecule has 2 saturated carbocycles. The number of primary amides is 1. The van der Waals surface area contributed by atoms with Gasteiger partial charge in [-0.1, -0.05) is 6.92 Å². The summed E-state index contributed by atoms with van der Waals surface area (Å²) in [5.74, 6) is 0.382. The first-order chi connectivity index (χ1) is 13.4. The second-order valence-corrected chi connectivity index (χ2v) is 8.19. The van der Waals surface area contributed by atoms with Crippen molar-refractivity contribution in [2.45, 2.75) is 88.5 Å². The predicted molar refractivity (Wildman–Crippen MR) is 108 cm³/mol. The highest BCUT2D eigenvalue weighted by Gasteiger charge is 2.33. The average molecular weight is 392 g/mol. The number of hydrogen-bond donors (Lipinski definition) is 4. The molecule has 2 atom stereocenters. The molecule has 0 spiro atoms. The van der Waals surface area contributed by atoms with E-state index in [1.807, 2.05) is 6.92 Å². The maximum Gasteiger partial charge on any atom is 0.254 e. The van der Waals surface area contributed by atoms with Gasteiger partial charge in [-0.2, -0.15) is 4.98 Å². The molecule has 1 amide bonds. The number of nitrogens with two attached hydrogens (primary N) is 1. The summed E-state index contributed by atoms with van der Waals surface area (Å²) in [4.78, 5) is 20.7. The lowest BCUT2D eigenvalue weighted by atomic mass is 9.80. The normalized spacial score (nSPS) is 30.6. The molecule has 0 unspecified atom stereocenters. The molecule has 0 bridgehead atoms. The van der Waals surface area contributed by atoms with E-state index in [2.05, 4.69) is 20.6 Å². The van der Waals surface area contributed by atoms with Crippen LogP contribution in [0.2, 0.25) is 0 Å². The van der Waals surface area contributed by atoms with Crippen LogP contribution in [0.1, 0.15) is 75.1 Å². The average Bonchev–Trinajstić information content (AvgIpc) is 2.68. The lowest BCUT2D eigenvalue weighted by Gasteiger charge is -2.36. The molecule has 8 heteroatoms. The third-order valence-corrected chi connectivity index (χ3v) is 6.22. The Hall–Kier alpha value is -1.93. The summed E-state index contributed by atoms with van der Waals surface area (Å²) >= 11 is 0. The monoisotopic (exact) mass is 391 g/mol. The first-order valence-electron chi connectivity index (χ1n) is 10.4. The Morgan fingerprint density at radius 2 is 2.04 bits per heavy atom. The van der Waals surface area contributed by atoms with Crippen molar-refractivity contribution in [1.82, 2.24) is 9.97 Å². The number of ether oxygens (including phenoxy) is 1. The maximum atomic E-state index is 11.8. The van der Waals surface area contributed by atoms with Crippen molar-refractivity contribution in [1.29, 1.82) is 0 Å². The van der Waals surface area contributed by atoms with Gasteiger partial charge >= 0.3 is 0 Å². The molecule has 0 aliphatic heterocycles. The van der Waals surface area contributed by atoms with Crippen LogP contribution in [0, 0.1) is 0 Å². The Morgan fingerprint density at radius 3 is 2.68 bits per heavy atom. The highest BCUT2D eigenvalue weighted by atomic mass is 16.5. The predicted octanol–water partition coefficient (Wildman–Crippen LogP) is 2.44. The van der Waals surface area contributed by atoms with Crippen molar-refractivity contribution < 1.29 is 14.6 Å². The largest absolute Gasteiger partial charge is 0.390 e. The third kappa shape index (κ3) is 5.11. The van der Waals surface area contributed by atoms with Crippen molar-refractivity contribution in [2.75, 3.05) is 17.7 Å². The van der Waals surface area contributed by atoms with E-state index in [1.165, 1.54) is 6.20 Å². The summed E-state index contributed by atoms with van der Waals surface area (Å²) < 4.78 is 5.42. The van der Waals surface area contributed by atoms with E-state index < -0.39 is 11.5 Å². The topological polar surface area (TPSA) is 122 Å². The standard InChI is InChI=1S/C20H33N5O3/c1-3-20(27)10-4-5-14(11-20)23-18-16(17(21)26)12-22-19(25-18)24-13-6-8-15(28-2)9-7-13/h12-15,27H,3-11H2,1-2H3,(H2,21,26)(H2,22,23,24,25)/t13?,14-,15?,20+/m1/s1. The smallest absolute Gasteiger partial charge is 0.254 e. The molecule has 156 valence electrons. The quantitative estimate of drug-likeness (QED) is 0.563. The number of carbonyl (C=O) groups is 1. The summed E-state index contributed by atoms with van der Waals surface area (Å²) in [5.41, 5.74) is 5.14. The van der Waals surface area contributed by atoms with E-state index in [0.717, 1.165) is 44.9 Å². The molecule has 0 radical (unpaired) electrons. The molecule has 3 rings (SSSR count). The van der Waals surface area contributed by atoms with Gasteiger partial charge in [-0.15, -0.1) is 0 Å². The summed E-state index contributed by atoms with van der Waals surface area (Å²) in [6.45, 7) is 2.00. The maximum absolute atomic E-state index is 11.8. The Kier molecular flexibility index (Phi) is 6.72. The highest BCUT2D eigenvalue weighted by molar-refractivity contribution is 5.97. The minimum Gasteiger partial charge on any atom is -0.390 e. The van der Waals surface area contributed by atoms with Gasteiger partial charge in [-0.3, -0.25) is 4.79 Å². The second-order valence-electron chi connectivity index (χ2n) is 8.19. The molecule has 8 nitrogen and oxygen atoms in total. The van der Waals surface area contributed by atoms with E-state index in [4.69, 9.17) is 10.5 Å². The molecule has 28 heavy (non-hydrogen) atoms. The molecule has 2 aliphatic rings. The van der Waals surface area contributed by atoms with Gasteiger partial charge in [0.15, 0.2) is 0 Å². The molecule has 1 heterocycles. The third-order valence-electron chi connectivity index (χ3n) is 6.22. The molecular weight excluding hydrogens is 358 g/mol. The second kappa shape index (κ2) is 9.05. The Balaban J connectivity index is 1.70. The molecule has 2 fully saturated rings. The van der Waals surface area contributed by atoms with Crippen LogP contribution >= 0.6 is 0 Å². The minimum atomic E-state index is -0.656. The van der Waals surface area contributed by atoms with Crippen LogP contribution < -0.4 is 16.4 Å². The Morgan fingerprint density at radius 1 is 1.29 bits per heavy atom. The number of nitrogens with zero attached hydrogens (tertiary/aromatic N) is 2. The molecule has 0 aromatic carbocycles. The number of amides is 1. The summed E-state index contributed by atoms with van der Waals surface area (Å²) in [7, 11) is 1.76. The van der Waals surface area contributed by atoms with Crippen LogP contribution in [-0.4, -0.2) is 51.9 Å². The number of hydrogen-bond acceptors (Lipinski definition) is 7. The van der Waals surface area contributed by atoms with Crippen LogP contribution in [-0.2, 0) is 4.74 Å². The molecule has 1 aromatic rings. The van der Waals surface area contributed by atoms with Gasteiger partial charge in [0.05, 0.1) is 17.3 Å². The molecule has 1 aromatic heterocycles. The lowest BCUT2D eigenvalue weighted by molar-refractivity contribution is -0.00327. The number of nitrogens with one attached hydrogen (secondary N) is 2. The number of methoxy groups -OCH3 is 1. The fourth-order valence-electron chi connectivity index (χ4n) is 4.35. The minimum absolute atomic E-state index is 0.0525. The van der Waals surface area contributed by atoms with E-state index in [0.29, 0.717) is 36.8 Å². The molecule has 2 aliphatic carbocycles. The first kappa shape index (κ1) is 20.8. The first-order valence-corrected chi connectivity index (χ1v) is 10.4. The van der Waals surface area contributed by atoms with Crippen LogP contribution in [0.4, 0.5) is 11.8 Å². The van der Waals surface area contributed by atoms with Crippen molar-refractivity contribution in [3.05, 3.63) is 11.8 Å². The van der Waals surface area contributed by atoms with E-state index in [9.17, 15) is 9.90 Å². The van der Waals surface area contributed by atoms with Crippen LogP contribution in [0.25, 0.3) is 0 Å². The fraction of sp³-hybridized carbons (Fsp3) is 0.750. The van der Waals surface area contributed by atoms with Gasteiger partial charge in [0, 0.05) is 25.4 Å². The number of aliphatic hydroxyl groups is 1.